The van der Waals surface area contributed by atoms with E-state index < -0.39 is 37.3 Å². The van der Waals surface area contributed by atoms with Crippen molar-refractivity contribution in [3.63, 3.8) is 0 Å². The third kappa shape index (κ3) is 6.16. The van der Waals surface area contributed by atoms with Crippen molar-refractivity contribution in [2.45, 2.75) is 39.6 Å². The first-order valence-corrected chi connectivity index (χ1v) is 3.54. The van der Waals surface area contributed by atoms with E-state index in [1.165, 1.54) is 0 Å². The molecular weight excluding hydrogens is 156 g/mol. The van der Waals surface area contributed by atoms with Crippen molar-refractivity contribution in [1.29, 1.82) is 0 Å². The van der Waals surface area contributed by atoms with Crippen molar-refractivity contribution in [2.75, 3.05) is 6.56 Å². The largest absolute Gasteiger partial charge is 0.460 e. The zero-order chi connectivity index (χ0) is 15.0. The van der Waals surface area contributed by atoms with Gasteiger partial charge in [0.1, 0.15) is 5.60 Å². The molecule has 0 fully saturated rings. The van der Waals surface area contributed by atoms with Crippen LogP contribution in [0.25, 0.3) is 0 Å². The Hall–Kier alpha value is -0.570. The van der Waals surface area contributed by atoms with Crippen LogP contribution in [0.5, 0.6) is 0 Å². The lowest BCUT2D eigenvalue weighted by atomic mass is 10.1. The predicted octanol–water partition coefficient (Wildman–Crippen LogP) is 1.35. The van der Waals surface area contributed by atoms with Gasteiger partial charge in [0.15, 0.2) is 0 Å². The first kappa shape index (κ1) is 4.61. The van der Waals surface area contributed by atoms with Crippen LogP contribution in [0.4, 0.5) is 0 Å². The van der Waals surface area contributed by atoms with Crippen LogP contribution in [0.3, 0.4) is 0 Å². The first-order valence-electron chi connectivity index (χ1n) is 6.54. The van der Waals surface area contributed by atoms with Gasteiger partial charge in [0.25, 0.3) is 0 Å². The topological polar surface area (TPSA) is 46.5 Å². The zero-order valence-electron chi connectivity index (χ0n) is 13.5. The van der Waals surface area contributed by atoms with Crippen LogP contribution in [-0.2, 0) is 9.53 Å². The van der Waals surface area contributed by atoms with Crippen LogP contribution < -0.4 is 0 Å². The molecule has 0 saturated heterocycles. The monoisotopic (exact) mass is 180 g/mol. The maximum Gasteiger partial charge on any atom is 0.306 e. The highest BCUT2D eigenvalue weighted by atomic mass is 16.6. The minimum atomic E-state index is -3.35. The average molecular weight is 180 g/mol. The Morgan fingerprint density at radius 2 is 2.42 bits per heavy atom. The van der Waals surface area contributed by atoms with Gasteiger partial charge in [-0.25, -0.2) is 0 Å². The van der Waals surface area contributed by atoms with Gasteiger partial charge in [-0.05, 0) is 26.7 Å². The molecule has 0 aliphatic carbocycles. The van der Waals surface area contributed by atoms with Gasteiger partial charge in [-0.1, -0.05) is 6.85 Å². The minimum absolute atomic E-state index is 0.880. The lowest BCUT2D eigenvalue weighted by Crippen LogP contribution is -2.25. The predicted molar refractivity (Wildman–Crippen MR) is 46.7 cm³/mol. The van der Waals surface area contributed by atoms with Gasteiger partial charge in [-0.15, -0.1) is 0 Å². The number of ether oxygens (including phenoxy) is 1. The first-order chi connectivity index (χ1) is 7.60. The van der Waals surface area contributed by atoms with Crippen molar-refractivity contribution in [3.8, 4) is 0 Å². The average Bonchev–Trinajstić information content (AvgIpc) is 1.94. The quantitative estimate of drug-likeness (QED) is 0.667. The third-order valence-electron chi connectivity index (χ3n) is 0.876. The summed E-state index contributed by atoms with van der Waals surface area (Å²) in [6, 6.07) is 0. The van der Waals surface area contributed by atoms with Crippen molar-refractivity contribution >= 4 is 5.97 Å². The maximum absolute atomic E-state index is 11.5. The van der Waals surface area contributed by atoms with E-state index in [2.05, 4.69) is 0 Å². The fraction of sp³-hybridized carbons (Fsp3) is 0.889. The smallest absolute Gasteiger partial charge is 0.306 e. The summed E-state index contributed by atoms with van der Waals surface area (Å²) in [5.41, 5.74) is -0.880. The summed E-state index contributed by atoms with van der Waals surface area (Å²) in [5.74, 6) is -4.02. The minimum Gasteiger partial charge on any atom is -0.460 e. The van der Waals surface area contributed by atoms with Gasteiger partial charge in [-0.3, -0.25) is 4.79 Å². The number of hydrogen-bond donors (Lipinski definition) is 1. The van der Waals surface area contributed by atoms with Gasteiger partial charge in [0.2, 0.25) is 0 Å². The SMILES string of the molecule is [2H]C([2H])([2H])C([2H])(CC(=O)OC(C)(C)C)C([2H])([2H])O. The molecule has 0 rings (SSSR count). The maximum atomic E-state index is 11.5. The van der Waals surface area contributed by atoms with E-state index in [0.717, 1.165) is 0 Å². The second-order valence-electron chi connectivity index (χ2n) is 3.35. The third-order valence-corrected chi connectivity index (χ3v) is 0.876. The molecule has 1 unspecified atom stereocenters. The molecule has 0 aromatic rings. The summed E-state index contributed by atoms with van der Waals surface area (Å²) in [6.07, 6.45) is -1.07. The van der Waals surface area contributed by atoms with E-state index in [4.69, 9.17) is 13.0 Å². The second kappa shape index (κ2) is 4.45. The van der Waals surface area contributed by atoms with E-state index in [1.807, 2.05) is 0 Å². The van der Waals surface area contributed by atoms with Crippen LogP contribution in [0.2, 0.25) is 0 Å². The molecule has 1 N–H and O–H groups in total. The van der Waals surface area contributed by atoms with Crippen LogP contribution in [-0.4, -0.2) is 23.2 Å². The Balaban J connectivity index is 5.13. The summed E-state index contributed by atoms with van der Waals surface area (Å²) in [5, 5.41) is 9.20. The molecule has 3 nitrogen and oxygen atoms in total. The Bertz CT molecular complexity index is 298. The fourth-order valence-corrected chi connectivity index (χ4v) is 0.561. The van der Waals surface area contributed by atoms with E-state index in [1.54, 1.807) is 20.8 Å². The Morgan fingerprint density at radius 3 is 2.75 bits per heavy atom. The van der Waals surface area contributed by atoms with E-state index in [0.29, 0.717) is 0 Å². The summed E-state index contributed by atoms with van der Waals surface area (Å²) in [4.78, 5) is 11.5. The number of hydrogen-bond acceptors (Lipinski definition) is 3. The molecule has 0 bridgehead atoms. The molecule has 0 radical (unpaired) electrons. The highest BCUT2D eigenvalue weighted by Crippen LogP contribution is 2.10. The normalized spacial score (nSPS) is 26.3. The molecule has 0 spiro atoms. The van der Waals surface area contributed by atoms with Crippen LogP contribution in [0.1, 0.15) is 42.3 Å². The summed E-state index contributed by atoms with van der Waals surface area (Å²) >= 11 is 0. The standard InChI is InChI=1S/C9H18O3/c1-7(6-10)5-8(11)12-9(2,3)4/h7,10H,5-6H2,1-4H3/i1D3,6D2,7D. The van der Waals surface area contributed by atoms with Gasteiger partial charge < -0.3 is 9.84 Å². The number of esters is 1. The van der Waals surface area contributed by atoms with Gasteiger partial charge in [-0.2, -0.15) is 0 Å². The highest BCUT2D eigenvalue weighted by Gasteiger charge is 2.17. The van der Waals surface area contributed by atoms with Crippen molar-refractivity contribution in [2.24, 2.45) is 5.89 Å². The van der Waals surface area contributed by atoms with Gasteiger partial charge in [0, 0.05) is 12.0 Å². The molecule has 12 heavy (non-hydrogen) atoms. The zero-order valence-corrected chi connectivity index (χ0v) is 7.47. The Morgan fingerprint density at radius 1 is 1.83 bits per heavy atom. The molecule has 0 heterocycles. The van der Waals surface area contributed by atoms with E-state index in [9.17, 15) is 9.90 Å². The summed E-state index contributed by atoms with van der Waals surface area (Å²) < 4.78 is 47.8. The summed E-state index contributed by atoms with van der Waals surface area (Å²) in [7, 11) is 0. The molecule has 0 saturated carbocycles. The van der Waals surface area contributed by atoms with E-state index in [-0.39, 0.29) is 0 Å². The summed E-state index contributed by atoms with van der Waals surface area (Å²) in [6.45, 7) is -1.85. The van der Waals surface area contributed by atoms with E-state index >= 15 is 0 Å². The van der Waals surface area contributed by atoms with Crippen molar-refractivity contribution < 1.29 is 22.9 Å². The lowest BCUT2D eigenvalue weighted by Gasteiger charge is -2.20. The van der Waals surface area contributed by atoms with Crippen LogP contribution in [0, 0.1) is 5.89 Å². The van der Waals surface area contributed by atoms with Crippen molar-refractivity contribution in [3.05, 3.63) is 0 Å². The molecule has 0 aliphatic heterocycles. The lowest BCUT2D eigenvalue weighted by molar-refractivity contribution is -0.156. The number of carbonyl (C=O) groups is 1. The number of carbonyl (C=O) groups excluding carboxylic acids is 1. The van der Waals surface area contributed by atoms with Crippen LogP contribution >= 0.6 is 0 Å². The number of rotatable bonds is 3. The molecular formula is C9H18O3. The molecule has 0 aromatic heterocycles. The van der Waals surface area contributed by atoms with Gasteiger partial charge in [0.05, 0.1) is 9.16 Å². The Labute approximate surface area is 82.2 Å². The molecule has 3 heteroatoms. The second-order valence-corrected chi connectivity index (χ2v) is 3.35. The fourth-order valence-electron chi connectivity index (χ4n) is 0.561. The van der Waals surface area contributed by atoms with Crippen molar-refractivity contribution in [1.82, 2.24) is 0 Å². The number of aliphatic hydroxyl groups is 1. The molecule has 0 aromatic carbocycles. The molecule has 1 atom stereocenters. The van der Waals surface area contributed by atoms with Crippen LogP contribution in [0.15, 0.2) is 0 Å². The Kier molecular flexibility index (Phi) is 1.71. The molecule has 0 amide bonds. The van der Waals surface area contributed by atoms with Gasteiger partial charge >= 0.3 is 5.97 Å². The highest BCUT2D eigenvalue weighted by molar-refractivity contribution is 5.70. The molecule has 72 valence electrons. The molecule has 0 aliphatic rings.